The molecule has 1 saturated heterocycles. The molecule has 0 aromatic heterocycles. The van der Waals surface area contributed by atoms with Gasteiger partial charge in [-0.1, -0.05) is 0 Å². The van der Waals surface area contributed by atoms with Crippen LogP contribution >= 0.6 is 0 Å². The molecule has 0 aromatic carbocycles. The van der Waals surface area contributed by atoms with E-state index in [9.17, 15) is 5.11 Å². The average molecular weight is 216 g/mol. The smallest absolute Gasteiger partial charge is 0.0791 e. The third kappa shape index (κ3) is 4.07. The van der Waals surface area contributed by atoms with Crippen molar-refractivity contribution >= 4 is 0 Å². The zero-order chi connectivity index (χ0) is 11.3. The summed E-state index contributed by atoms with van der Waals surface area (Å²) < 4.78 is 5.51. The molecule has 1 heterocycles. The molecule has 2 unspecified atom stereocenters. The minimum absolute atomic E-state index is 0.0301. The van der Waals surface area contributed by atoms with E-state index >= 15 is 0 Å². The van der Waals surface area contributed by atoms with Gasteiger partial charge in [-0.3, -0.25) is 4.90 Å². The highest BCUT2D eigenvalue weighted by Crippen LogP contribution is 2.23. The number of aliphatic hydroxyl groups excluding tert-OH is 1. The maximum Gasteiger partial charge on any atom is 0.0791 e. The standard InChI is InChI=1S/C11H24N2O2/c1-11(15-3)5-4-6-13(9-11)8-10(14)7-12-2/h10,12,14H,4-9H2,1-3H3. The Bertz CT molecular complexity index is 189. The maximum absolute atomic E-state index is 9.70. The van der Waals surface area contributed by atoms with E-state index < -0.39 is 0 Å². The number of nitrogens with zero attached hydrogens (tertiary/aromatic N) is 1. The Hall–Kier alpha value is -0.160. The Labute approximate surface area is 92.6 Å². The van der Waals surface area contributed by atoms with Crippen molar-refractivity contribution in [3.05, 3.63) is 0 Å². The van der Waals surface area contributed by atoms with Crippen LogP contribution in [0, 0.1) is 0 Å². The normalized spacial score (nSPS) is 30.4. The molecule has 15 heavy (non-hydrogen) atoms. The largest absolute Gasteiger partial charge is 0.390 e. The molecule has 0 radical (unpaired) electrons. The summed E-state index contributed by atoms with van der Waals surface area (Å²) in [6.45, 7) is 5.52. The summed E-state index contributed by atoms with van der Waals surface area (Å²) in [7, 11) is 3.63. The van der Waals surface area contributed by atoms with Crippen molar-refractivity contribution < 1.29 is 9.84 Å². The molecule has 2 N–H and O–H groups in total. The van der Waals surface area contributed by atoms with E-state index in [-0.39, 0.29) is 11.7 Å². The first-order chi connectivity index (χ1) is 7.09. The molecule has 1 aliphatic rings. The van der Waals surface area contributed by atoms with Crippen LogP contribution in [0.1, 0.15) is 19.8 Å². The number of nitrogens with one attached hydrogen (secondary N) is 1. The molecule has 0 saturated carbocycles. The summed E-state index contributed by atoms with van der Waals surface area (Å²) in [6, 6.07) is 0. The SMILES string of the molecule is CNCC(O)CN1CCCC(C)(OC)C1. The van der Waals surface area contributed by atoms with Gasteiger partial charge >= 0.3 is 0 Å². The van der Waals surface area contributed by atoms with Crippen LogP contribution in [0.3, 0.4) is 0 Å². The van der Waals surface area contributed by atoms with Gasteiger partial charge in [0.05, 0.1) is 11.7 Å². The van der Waals surface area contributed by atoms with Crippen molar-refractivity contribution in [2.75, 3.05) is 40.3 Å². The number of methoxy groups -OCH3 is 1. The second-order valence-electron chi connectivity index (χ2n) is 4.70. The molecule has 0 aromatic rings. The van der Waals surface area contributed by atoms with E-state index in [4.69, 9.17) is 4.74 Å². The third-order valence-electron chi connectivity index (χ3n) is 3.14. The van der Waals surface area contributed by atoms with Crippen molar-refractivity contribution in [1.29, 1.82) is 0 Å². The molecule has 1 rings (SSSR count). The van der Waals surface area contributed by atoms with E-state index in [2.05, 4.69) is 17.1 Å². The molecule has 90 valence electrons. The van der Waals surface area contributed by atoms with Gasteiger partial charge in [-0.25, -0.2) is 0 Å². The average Bonchev–Trinajstić information content (AvgIpc) is 2.18. The van der Waals surface area contributed by atoms with E-state index in [0.29, 0.717) is 6.54 Å². The molecule has 0 bridgehead atoms. The van der Waals surface area contributed by atoms with Crippen LogP contribution in [-0.2, 0) is 4.74 Å². The van der Waals surface area contributed by atoms with Gasteiger partial charge < -0.3 is 15.2 Å². The summed E-state index contributed by atoms with van der Waals surface area (Å²) in [5.74, 6) is 0. The van der Waals surface area contributed by atoms with Crippen molar-refractivity contribution in [2.24, 2.45) is 0 Å². The van der Waals surface area contributed by atoms with E-state index in [0.717, 1.165) is 32.5 Å². The van der Waals surface area contributed by atoms with Crippen molar-refractivity contribution in [1.82, 2.24) is 10.2 Å². The van der Waals surface area contributed by atoms with Gasteiger partial charge in [0.25, 0.3) is 0 Å². The number of aliphatic hydroxyl groups is 1. The summed E-state index contributed by atoms with van der Waals surface area (Å²) in [5, 5.41) is 12.7. The lowest BCUT2D eigenvalue weighted by atomic mass is 9.94. The first-order valence-corrected chi connectivity index (χ1v) is 5.70. The van der Waals surface area contributed by atoms with Gasteiger partial charge in [0.1, 0.15) is 0 Å². The Balaban J connectivity index is 2.36. The van der Waals surface area contributed by atoms with Crippen LogP contribution in [0.25, 0.3) is 0 Å². The minimum Gasteiger partial charge on any atom is -0.390 e. The minimum atomic E-state index is -0.283. The van der Waals surface area contributed by atoms with Crippen LogP contribution in [0.15, 0.2) is 0 Å². The van der Waals surface area contributed by atoms with Gasteiger partial charge in [-0.05, 0) is 33.4 Å². The maximum atomic E-state index is 9.70. The quantitative estimate of drug-likeness (QED) is 0.682. The van der Waals surface area contributed by atoms with Crippen molar-refractivity contribution in [3.63, 3.8) is 0 Å². The molecular weight excluding hydrogens is 192 g/mol. The van der Waals surface area contributed by atoms with Crippen LogP contribution in [0.2, 0.25) is 0 Å². The second kappa shape index (κ2) is 5.80. The first kappa shape index (κ1) is 12.9. The van der Waals surface area contributed by atoms with Crippen molar-refractivity contribution in [2.45, 2.75) is 31.5 Å². The molecule has 0 amide bonds. The summed E-state index contributed by atoms with van der Waals surface area (Å²) in [5.41, 5.74) is -0.0301. The highest BCUT2D eigenvalue weighted by atomic mass is 16.5. The topological polar surface area (TPSA) is 44.7 Å². The van der Waals surface area contributed by atoms with E-state index in [1.54, 1.807) is 7.11 Å². The van der Waals surface area contributed by atoms with Crippen LogP contribution in [0.5, 0.6) is 0 Å². The number of hydrogen-bond donors (Lipinski definition) is 2. The fraction of sp³-hybridized carbons (Fsp3) is 1.00. The molecule has 0 spiro atoms. The lowest BCUT2D eigenvalue weighted by molar-refractivity contribution is -0.0581. The van der Waals surface area contributed by atoms with Crippen LogP contribution < -0.4 is 5.32 Å². The van der Waals surface area contributed by atoms with Gasteiger partial charge in [0, 0.05) is 26.7 Å². The molecule has 1 fully saturated rings. The number of likely N-dealkylation sites (N-methyl/N-ethyl adjacent to an activating group) is 1. The van der Waals surface area contributed by atoms with E-state index in [1.165, 1.54) is 0 Å². The van der Waals surface area contributed by atoms with Crippen LogP contribution in [-0.4, -0.2) is 62.0 Å². The van der Waals surface area contributed by atoms with Gasteiger partial charge in [-0.15, -0.1) is 0 Å². The van der Waals surface area contributed by atoms with E-state index in [1.807, 2.05) is 7.05 Å². The Kier molecular flexibility index (Phi) is 4.99. The fourth-order valence-electron chi connectivity index (χ4n) is 2.23. The van der Waals surface area contributed by atoms with Crippen LogP contribution in [0.4, 0.5) is 0 Å². The predicted octanol–water partition coefficient (Wildman–Crippen LogP) is 0.0676. The summed E-state index contributed by atoms with van der Waals surface area (Å²) >= 11 is 0. The summed E-state index contributed by atoms with van der Waals surface area (Å²) in [4.78, 5) is 2.29. The molecule has 4 heteroatoms. The predicted molar refractivity (Wildman–Crippen MR) is 61.0 cm³/mol. The Morgan fingerprint density at radius 1 is 1.60 bits per heavy atom. The zero-order valence-electron chi connectivity index (χ0n) is 10.1. The summed E-state index contributed by atoms with van der Waals surface area (Å²) in [6.07, 6.45) is 1.98. The molecule has 1 aliphatic heterocycles. The second-order valence-corrected chi connectivity index (χ2v) is 4.70. The highest BCUT2D eigenvalue weighted by molar-refractivity contribution is 4.85. The van der Waals surface area contributed by atoms with Gasteiger partial charge in [0.15, 0.2) is 0 Å². The number of hydrogen-bond acceptors (Lipinski definition) is 4. The molecular formula is C11H24N2O2. The monoisotopic (exact) mass is 216 g/mol. The number of ether oxygens (including phenoxy) is 1. The third-order valence-corrected chi connectivity index (χ3v) is 3.14. The molecule has 2 atom stereocenters. The number of β-amino-alcohol motifs (C(OH)–C–C–N with tert-alkyl or cyclic N) is 1. The first-order valence-electron chi connectivity index (χ1n) is 5.70. The van der Waals surface area contributed by atoms with Gasteiger partial charge in [0.2, 0.25) is 0 Å². The lowest BCUT2D eigenvalue weighted by Gasteiger charge is -2.40. The molecule has 4 nitrogen and oxygen atoms in total. The van der Waals surface area contributed by atoms with Crippen molar-refractivity contribution in [3.8, 4) is 0 Å². The Morgan fingerprint density at radius 2 is 2.33 bits per heavy atom. The fourth-order valence-corrected chi connectivity index (χ4v) is 2.23. The molecule has 0 aliphatic carbocycles. The number of rotatable bonds is 5. The zero-order valence-corrected chi connectivity index (χ0v) is 10.1. The number of likely N-dealkylation sites (tertiary alicyclic amines) is 1. The highest BCUT2D eigenvalue weighted by Gasteiger charge is 2.31. The van der Waals surface area contributed by atoms with Gasteiger partial charge in [-0.2, -0.15) is 0 Å². The lowest BCUT2D eigenvalue weighted by Crippen LogP contribution is -2.50. The number of piperidine rings is 1. The Morgan fingerprint density at radius 3 is 2.93 bits per heavy atom.